The third-order valence-corrected chi connectivity index (χ3v) is 4.90. The number of carbonyl (C=O) groups excluding carboxylic acids is 2. The molecule has 2 heterocycles. The van der Waals surface area contributed by atoms with Crippen molar-refractivity contribution in [3.63, 3.8) is 0 Å². The van der Waals surface area contributed by atoms with Crippen molar-refractivity contribution in [1.29, 1.82) is 0 Å². The number of anilines is 2. The van der Waals surface area contributed by atoms with E-state index in [0.29, 0.717) is 44.3 Å². The highest BCUT2D eigenvalue weighted by Gasteiger charge is 2.23. The molecule has 1 aliphatic heterocycles. The molecular weight excluding hydrogens is 370 g/mol. The first-order valence-corrected chi connectivity index (χ1v) is 9.77. The Morgan fingerprint density at radius 3 is 2.17 bits per heavy atom. The molecule has 29 heavy (non-hydrogen) atoms. The Balaban J connectivity index is 1.62. The molecule has 0 unspecified atom stereocenters. The predicted molar refractivity (Wildman–Crippen MR) is 111 cm³/mol. The number of aryl methyl sites for hydroxylation is 3. The molecule has 1 fully saturated rings. The summed E-state index contributed by atoms with van der Waals surface area (Å²) in [7, 11) is 0. The van der Waals surface area contributed by atoms with Gasteiger partial charge in [0.2, 0.25) is 5.95 Å². The van der Waals surface area contributed by atoms with E-state index < -0.39 is 0 Å². The summed E-state index contributed by atoms with van der Waals surface area (Å²) >= 11 is 0. The average molecular weight is 397 g/mol. The van der Waals surface area contributed by atoms with E-state index in [4.69, 9.17) is 4.74 Å². The summed E-state index contributed by atoms with van der Waals surface area (Å²) in [5.74, 6) is 0.312. The van der Waals surface area contributed by atoms with Gasteiger partial charge in [-0.25, -0.2) is 14.8 Å². The maximum atomic E-state index is 12.6. The summed E-state index contributed by atoms with van der Waals surface area (Å²) in [5.41, 5.74) is 4.42. The standard InChI is InChI=1S/C21H27N5O3/c1-5-29-21(28)26-8-6-25(7-9-26)20-22-12-17(13-23-20)19(27)24-18-15(3)10-14(2)11-16(18)4/h10-13H,5-9H2,1-4H3,(H,24,27). The molecule has 0 saturated carbocycles. The van der Waals surface area contributed by atoms with E-state index >= 15 is 0 Å². The summed E-state index contributed by atoms with van der Waals surface area (Å²) in [6.45, 7) is 10.5. The second-order valence-corrected chi connectivity index (χ2v) is 7.17. The number of nitrogens with one attached hydrogen (secondary N) is 1. The van der Waals surface area contributed by atoms with E-state index in [2.05, 4.69) is 15.3 Å². The number of benzene rings is 1. The molecule has 0 aliphatic carbocycles. The SMILES string of the molecule is CCOC(=O)N1CCN(c2ncc(C(=O)Nc3c(C)cc(C)cc3C)cn2)CC1. The number of nitrogens with zero attached hydrogens (tertiary/aromatic N) is 4. The molecule has 154 valence electrons. The van der Waals surface area contributed by atoms with Crippen molar-refractivity contribution >= 4 is 23.6 Å². The van der Waals surface area contributed by atoms with Crippen LogP contribution in [0.5, 0.6) is 0 Å². The fraction of sp³-hybridized carbons (Fsp3) is 0.429. The smallest absolute Gasteiger partial charge is 0.409 e. The van der Waals surface area contributed by atoms with Crippen molar-refractivity contribution in [2.24, 2.45) is 0 Å². The molecule has 1 aromatic heterocycles. The minimum Gasteiger partial charge on any atom is -0.450 e. The van der Waals surface area contributed by atoms with Crippen molar-refractivity contribution in [3.05, 3.63) is 46.8 Å². The van der Waals surface area contributed by atoms with Crippen LogP contribution in [0.25, 0.3) is 0 Å². The Labute approximate surface area is 170 Å². The maximum absolute atomic E-state index is 12.6. The fourth-order valence-corrected chi connectivity index (χ4v) is 3.47. The lowest BCUT2D eigenvalue weighted by atomic mass is 10.0. The Bertz CT molecular complexity index is 867. The lowest BCUT2D eigenvalue weighted by Crippen LogP contribution is -2.49. The zero-order valence-electron chi connectivity index (χ0n) is 17.4. The summed E-state index contributed by atoms with van der Waals surface area (Å²) in [6.07, 6.45) is 2.78. The molecule has 2 amide bonds. The molecule has 8 nitrogen and oxygen atoms in total. The van der Waals surface area contributed by atoms with Crippen LogP contribution in [0.4, 0.5) is 16.4 Å². The fourth-order valence-electron chi connectivity index (χ4n) is 3.47. The first-order chi connectivity index (χ1) is 13.9. The van der Waals surface area contributed by atoms with Gasteiger partial charge < -0.3 is 19.9 Å². The minimum absolute atomic E-state index is 0.237. The molecule has 1 N–H and O–H groups in total. The Morgan fingerprint density at radius 2 is 1.62 bits per heavy atom. The number of piperazine rings is 1. The molecule has 2 aromatic rings. The summed E-state index contributed by atoms with van der Waals surface area (Å²) < 4.78 is 5.03. The number of hydrogen-bond donors (Lipinski definition) is 1. The molecule has 0 spiro atoms. The number of ether oxygens (including phenoxy) is 1. The second-order valence-electron chi connectivity index (χ2n) is 7.17. The van der Waals surface area contributed by atoms with Gasteiger partial charge in [0.05, 0.1) is 12.2 Å². The first-order valence-electron chi connectivity index (χ1n) is 9.77. The van der Waals surface area contributed by atoms with Crippen LogP contribution in [0.2, 0.25) is 0 Å². The lowest BCUT2D eigenvalue weighted by molar-refractivity contribution is 0.102. The van der Waals surface area contributed by atoms with Crippen LogP contribution in [0.15, 0.2) is 24.5 Å². The molecule has 3 rings (SSSR count). The maximum Gasteiger partial charge on any atom is 0.409 e. The van der Waals surface area contributed by atoms with Crippen molar-refractivity contribution in [2.45, 2.75) is 27.7 Å². The second kappa shape index (κ2) is 8.89. The summed E-state index contributed by atoms with van der Waals surface area (Å²) in [4.78, 5) is 36.8. The number of hydrogen-bond acceptors (Lipinski definition) is 6. The molecule has 0 radical (unpaired) electrons. The van der Waals surface area contributed by atoms with E-state index in [0.717, 1.165) is 22.4 Å². The molecule has 0 bridgehead atoms. The molecule has 1 aromatic carbocycles. The Hall–Kier alpha value is -3.16. The summed E-state index contributed by atoms with van der Waals surface area (Å²) in [6, 6.07) is 4.08. The van der Waals surface area contributed by atoms with E-state index in [9.17, 15) is 9.59 Å². The monoisotopic (exact) mass is 397 g/mol. The van der Waals surface area contributed by atoms with Gasteiger partial charge in [-0.05, 0) is 38.8 Å². The molecule has 1 saturated heterocycles. The average Bonchev–Trinajstić information content (AvgIpc) is 2.71. The van der Waals surface area contributed by atoms with Crippen molar-refractivity contribution in [2.75, 3.05) is 43.0 Å². The first kappa shape index (κ1) is 20.6. The zero-order chi connectivity index (χ0) is 21.0. The van der Waals surface area contributed by atoms with Gasteiger partial charge in [-0.2, -0.15) is 0 Å². The van der Waals surface area contributed by atoms with Gasteiger partial charge in [-0.1, -0.05) is 17.7 Å². The highest BCUT2D eigenvalue weighted by Crippen LogP contribution is 2.22. The molecule has 8 heteroatoms. The molecule has 0 atom stereocenters. The van der Waals surface area contributed by atoms with Crippen LogP contribution in [0.3, 0.4) is 0 Å². The van der Waals surface area contributed by atoms with Crippen LogP contribution < -0.4 is 10.2 Å². The van der Waals surface area contributed by atoms with Crippen LogP contribution in [-0.2, 0) is 4.74 Å². The van der Waals surface area contributed by atoms with Crippen molar-refractivity contribution in [1.82, 2.24) is 14.9 Å². The van der Waals surface area contributed by atoms with Crippen LogP contribution in [0.1, 0.15) is 34.0 Å². The van der Waals surface area contributed by atoms with Gasteiger partial charge in [0, 0.05) is 44.3 Å². The van der Waals surface area contributed by atoms with Gasteiger partial charge in [-0.3, -0.25) is 4.79 Å². The van der Waals surface area contributed by atoms with Crippen LogP contribution in [-0.4, -0.2) is 59.7 Å². The number of amides is 2. The van der Waals surface area contributed by atoms with Gasteiger partial charge in [0.15, 0.2) is 0 Å². The predicted octanol–water partition coefficient (Wildman–Crippen LogP) is 2.93. The Morgan fingerprint density at radius 1 is 1.03 bits per heavy atom. The number of rotatable bonds is 4. The summed E-state index contributed by atoms with van der Waals surface area (Å²) in [5, 5.41) is 2.96. The minimum atomic E-state index is -0.290. The number of aromatic nitrogens is 2. The van der Waals surface area contributed by atoms with Gasteiger partial charge in [0.1, 0.15) is 0 Å². The topological polar surface area (TPSA) is 87.7 Å². The third kappa shape index (κ3) is 4.82. The largest absolute Gasteiger partial charge is 0.450 e. The quantitative estimate of drug-likeness (QED) is 0.853. The van der Waals surface area contributed by atoms with Gasteiger partial charge in [-0.15, -0.1) is 0 Å². The number of carbonyl (C=O) groups is 2. The lowest BCUT2D eigenvalue weighted by Gasteiger charge is -2.33. The third-order valence-electron chi connectivity index (χ3n) is 4.90. The molecule has 1 aliphatic rings. The highest BCUT2D eigenvalue weighted by atomic mass is 16.6. The van der Waals surface area contributed by atoms with Gasteiger partial charge >= 0.3 is 6.09 Å². The van der Waals surface area contributed by atoms with E-state index in [1.807, 2.05) is 37.8 Å². The zero-order valence-corrected chi connectivity index (χ0v) is 17.4. The van der Waals surface area contributed by atoms with Gasteiger partial charge in [0.25, 0.3) is 5.91 Å². The van der Waals surface area contributed by atoms with E-state index in [1.165, 1.54) is 12.4 Å². The van der Waals surface area contributed by atoms with E-state index in [-0.39, 0.29) is 12.0 Å². The van der Waals surface area contributed by atoms with Crippen molar-refractivity contribution in [3.8, 4) is 0 Å². The molecular formula is C21H27N5O3. The normalized spacial score (nSPS) is 13.9. The Kier molecular flexibility index (Phi) is 6.31. The van der Waals surface area contributed by atoms with Crippen molar-refractivity contribution < 1.29 is 14.3 Å². The van der Waals surface area contributed by atoms with E-state index in [1.54, 1.807) is 11.8 Å². The highest BCUT2D eigenvalue weighted by molar-refractivity contribution is 6.04. The van der Waals surface area contributed by atoms with Crippen LogP contribution in [0, 0.1) is 20.8 Å². The van der Waals surface area contributed by atoms with Crippen LogP contribution >= 0.6 is 0 Å².